The fourth-order valence-electron chi connectivity index (χ4n) is 13.4. The number of aryl methyl sites for hydroxylation is 2. The number of esters is 1. The van der Waals surface area contributed by atoms with Crippen LogP contribution in [-0.2, 0) is 31.8 Å². The lowest BCUT2D eigenvalue weighted by Crippen LogP contribution is -2.16. The van der Waals surface area contributed by atoms with Gasteiger partial charge in [-0.2, -0.15) is 20.3 Å². The van der Waals surface area contributed by atoms with Crippen molar-refractivity contribution in [3.63, 3.8) is 0 Å². The first kappa shape index (κ1) is 114. The van der Waals surface area contributed by atoms with E-state index in [0.29, 0.717) is 112 Å². The van der Waals surface area contributed by atoms with Crippen molar-refractivity contribution in [1.29, 1.82) is 5.26 Å². The summed E-state index contributed by atoms with van der Waals surface area (Å²) in [6.45, 7) is 34.2. The lowest BCUT2D eigenvalue weighted by molar-refractivity contribution is 0.0599. The van der Waals surface area contributed by atoms with Crippen molar-refractivity contribution < 1.29 is 78.0 Å². The molecule has 3 heterocycles. The second kappa shape index (κ2) is 49.2. The zero-order valence-corrected chi connectivity index (χ0v) is 90.3. The maximum Gasteiger partial charge on any atom is 0.337 e. The molecule has 762 valence electrons. The zero-order valence-electron chi connectivity index (χ0n) is 82.9. The quantitative estimate of drug-likeness (QED) is 0.0316. The summed E-state index contributed by atoms with van der Waals surface area (Å²) in [6, 6.07) is 60.7. The number of anilines is 6. The minimum atomic E-state index is -0.528. The predicted octanol–water partition coefficient (Wildman–Crippen LogP) is 28.1. The number of aromatic nitrogens is 4. The number of phenols is 6. The maximum atomic E-state index is 12.7. The first-order valence-electron chi connectivity index (χ1n) is 44.9. The number of amides is 6. The largest absolute Gasteiger partial charge is 0.507 e. The smallest absolute Gasteiger partial charge is 0.337 e. The second-order valence-electron chi connectivity index (χ2n) is 38.1. The maximum absolute atomic E-state index is 12.7. The molecule has 0 fully saturated rings. The number of hydrogen-bond acceptors (Lipinski definition) is 24. The summed E-state index contributed by atoms with van der Waals surface area (Å²) in [5, 5.41) is 102. The van der Waals surface area contributed by atoms with E-state index in [9.17, 15) is 64.2 Å². The molecule has 30 nitrogen and oxygen atoms in total. The van der Waals surface area contributed by atoms with Crippen molar-refractivity contribution in [2.45, 2.75) is 145 Å². The molecule has 0 saturated heterocycles. The topological polar surface area (TPSA) is 461 Å². The Morgan fingerprint density at radius 1 is 0.354 bits per heavy atom. The van der Waals surface area contributed by atoms with Crippen molar-refractivity contribution in [2.75, 3.05) is 45.7 Å². The van der Waals surface area contributed by atoms with Gasteiger partial charge in [0.05, 0.1) is 122 Å². The van der Waals surface area contributed by atoms with Crippen LogP contribution in [0.2, 0.25) is 35.2 Å². The Bertz CT molecular complexity index is 7460. The SMILES string of the molecule is CC(C)(C)c1ccc(O)c(C(=O)Nc2ccc(C#N)cc2Cl)c1.CC(C)(C)c1ccc(O)c(C(=O)Nc2ccc(C3=NCN=N3)cc2Cl)c1.CC(C)(C)c1ccc(O)c(C(=O)Nc2ccc(I)cc2Cl)c1.COC(=O)c1ccc(NC(=O)c2cc(C(C)(C)C)ccc2O)c(Cl)c1.Cc1nc(-c2ccc(NC(=O)c3cc(C(C)(C)C)ccc3O)c(Cl)c2)no1.Cc1nc(-c2ccc(NC(=O)c3cc(Cl)ccc3O)c(Cl)c2)no1. The number of aromatic hydroxyl groups is 6. The van der Waals surface area contributed by atoms with E-state index in [2.05, 4.69) is 116 Å². The Kier molecular flexibility index (Phi) is 38.3. The van der Waals surface area contributed by atoms with Crippen molar-refractivity contribution >= 4 is 185 Å². The summed E-state index contributed by atoms with van der Waals surface area (Å²) >= 11 is 45.1. The molecular weight excluding hydrogens is 2140 g/mol. The standard InChI is InChI=1S/C20H20ClN3O3.C19H19ClN4O2.C19H20ClNO4.C18H17ClN2O2.C17H17ClINO2.C16H11Cl2N3O3/c1-11-22-18(24-27-11)12-5-7-16(15(21)9-12)23-19(26)14-10-13(20(2,3)4)6-8-17(14)25;1-19(2,3)12-5-7-16(25)13(9-12)18(26)23-15-6-4-11(8-14(15)20)17-21-10-22-24-17;1-19(2,3)12-6-8-16(22)13(10-12)17(23)21-15-7-5-11(9-14(15)20)18(24)25-4;1-18(2,3)12-5-7-16(22)13(9-12)17(23)21-15-6-4-11(10-20)8-14(15)19;1-17(2,3)10-4-7-15(21)12(8-10)16(22)20-14-6-5-11(19)9-13(14)18;1-8-19-15(21-24-8)9-2-4-13(12(18)6-9)20-16(23)11-7-10(17)3-5-14(11)22/h5-10,25H,1-4H3,(H,23,26);4-9,25H,10H2,1-3H3,(H,23,26);5-10,22H,1-4H3,(H,21,23);4-9,22H,1-3H3,(H,21,23);4-9,21H,1-3H3,(H,20,22);2-7,22H,1H3,(H,20,23). The summed E-state index contributed by atoms with van der Waals surface area (Å²) in [5.74, 6) is -1.62. The third-order valence-electron chi connectivity index (χ3n) is 21.8. The number of benzene rings is 12. The number of carbonyl (C=O) groups is 7. The first-order chi connectivity index (χ1) is 68.9. The van der Waals surface area contributed by atoms with Gasteiger partial charge in [0, 0.05) is 39.1 Å². The molecule has 38 heteroatoms. The molecule has 12 N–H and O–H groups in total. The number of hydrogen-bond donors (Lipinski definition) is 12. The van der Waals surface area contributed by atoms with Crippen LogP contribution in [0.15, 0.2) is 243 Å². The number of amidine groups is 1. The molecule has 0 atom stereocenters. The monoisotopic (exact) mass is 2240 g/mol. The molecule has 1 aliphatic heterocycles. The highest BCUT2D eigenvalue weighted by Crippen LogP contribution is 2.40. The number of nitriles is 1. The molecule has 0 saturated carbocycles. The zero-order chi connectivity index (χ0) is 108. The Balaban J connectivity index is 0.000000181. The van der Waals surface area contributed by atoms with E-state index in [1.165, 1.54) is 73.8 Å². The van der Waals surface area contributed by atoms with Gasteiger partial charge in [0.2, 0.25) is 23.4 Å². The number of methoxy groups -OCH3 is 1. The summed E-state index contributed by atoms with van der Waals surface area (Å²) in [4.78, 5) is 98.8. The molecule has 0 aliphatic carbocycles. The third-order valence-corrected chi connectivity index (χ3v) is 24.6. The number of azo groups is 1. The van der Waals surface area contributed by atoms with Crippen LogP contribution in [0.25, 0.3) is 22.8 Å². The number of carbonyl (C=O) groups excluding carboxylic acids is 7. The van der Waals surface area contributed by atoms with Crippen LogP contribution in [0, 0.1) is 28.7 Å². The molecule has 0 unspecified atom stereocenters. The number of rotatable bonds is 16. The van der Waals surface area contributed by atoms with Crippen molar-refractivity contribution in [3.05, 3.63) is 347 Å². The average Bonchev–Trinajstić information content (AvgIpc) is 1.78. The van der Waals surface area contributed by atoms with Gasteiger partial charge in [0.15, 0.2) is 12.5 Å². The van der Waals surface area contributed by atoms with Crippen LogP contribution < -0.4 is 31.9 Å². The lowest BCUT2D eigenvalue weighted by atomic mass is 9.86. The fourth-order valence-corrected chi connectivity index (χ4v) is 15.6. The third kappa shape index (κ3) is 31.5. The molecule has 12 aromatic carbocycles. The summed E-state index contributed by atoms with van der Waals surface area (Å²) in [7, 11) is 1.27. The van der Waals surface area contributed by atoms with Gasteiger partial charge in [0.1, 0.15) is 34.5 Å². The van der Waals surface area contributed by atoms with Crippen LogP contribution in [0.5, 0.6) is 34.5 Å². The molecule has 15 rings (SSSR count). The minimum Gasteiger partial charge on any atom is -0.507 e. The van der Waals surface area contributed by atoms with Crippen LogP contribution >= 0.6 is 104 Å². The van der Waals surface area contributed by atoms with Gasteiger partial charge < -0.3 is 76.3 Å². The molecule has 0 spiro atoms. The van der Waals surface area contributed by atoms with Gasteiger partial charge in [-0.05, 0) is 266 Å². The number of halogens is 8. The van der Waals surface area contributed by atoms with E-state index in [1.54, 1.807) is 147 Å². The van der Waals surface area contributed by atoms with E-state index in [4.69, 9.17) is 95.5 Å². The van der Waals surface area contributed by atoms with Crippen molar-refractivity contribution in [2.24, 2.45) is 15.2 Å². The van der Waals surface area contributed by atoms with Gasteiger partial charge in [-0.15, -0.1) is 5.11 Å². The van der Waals surface area contributed by atoms with Crippen LogP contribution in [0.3, 0.4) is 0 Å². The van der Waals surface area contributed by atoms with Gasteiger partial charge in [-0.25, -0.2) is 9.79 Å². The molecular formula is C109H104Cl7IN14O16. The molecule has 0 bridgehead atoms. The number of nitrogens with one attached hydrogen (secondary N) is 6. The fraction of sp³-hybridized carbons (Fsp3) is 0.220. The van der Waals surface area contributed by atoms with Gasteiger partial charge in [0.25, 0.3) is 35.4 Å². The van der Waals surface area contributed by atoms with Crippen LogP contribution in [0.4, 0.5) is 34.1 Å². The highest BCUT2D eigenvalue weighted by atomic mass is 127. The predicted molar refractivity (Wildman–Crippen MR) is 585 cm³/mol. The molecule has 6 amide bonds. The molecule has 1 aliphatic rings. The second-order valence-corrected chi connectivity index (χ2v) is 42.3. The van der Waals surface area contributed by atoms with Crippen LogP contribution in [-0.4, -0.2) is 112 Å². The van der Waals surface area contributed by atoms with Gasteiger partial charge in [-0.3, -0.25) is 28.8 Å². The number of aliphatic imine (C=N–C) groups is 1. The van der Waals surface area contributed by atoms with Crippen LogP contribution in [0.1, 0.15) is 227 Å². The minimum absolute atomic E-state index is 0.0489. The van der Waals surface area contributed by atoms with E-state index >= 15 is 0 Å². The van der Waals surface area contributed by atoms with Gasteiger partial charge >= 0.3 is 5.97 Å². The number of ether oxygens (including phenoxy) is 1. The Morgan fingerprint density at radius 2 is 0.633 bits per heavy atom. The summed E-state index contributed by atoms with van der Waals surface area (Å²) < 4.78 is 15.5. The van der Waals surface area contributed by atoms with Gasteiger partial charge in [-0.1, -0.05) is 226 Å². The molecule has 147 heavy (non-hydrogen) atoms. The molecule has 2 aromatic heterocycles. The lowest BCUT2D eigenvalue weighted by Gasteiger charge is -2.20. The van der Waals surface area contributed by atoms with E-state index in [-0.39, 0.29) is 116 Å². The van der Waals surface area contributed by atoms with E-state index < -0.39 is 35.5 Å². The Morgan fingerprint density at radius 3 is 0.905 bits per heavy atom. The van der Waals surface area contributed by atoms with Crippen molar-refractivity contribution in [3.8, 4) is 63.3 Å². The number of phenolic OH excluding ortho intramolecular Hbond substituents is 6. The normalized spacial score (nSPS) is 11.5. The summed E-state index contributed by atoms with van der Waals surface area (Å²) in [5.41, 5.74) is 10.3. The highest BCUT2D eigenvalue weighted by molar-refractivity contribution is 14.1. The summed E-state index contributed by atoms with van der Waals surface area (Å²) in [6.07, 6.45) is 0. The van der Waals surface area contributed by atoms with E-state index in [0.717, 1.165) is 37.0 Å². The Hall–Kier alpha value is -14.5. The van der Waals surface area contributed by atoms with Crippen molar-refractivity contribution in [1.82, 2.24) is 20.3 Å². The average molecular weight is 2240 g/mol. The number of nitrogens with zero attached hydrogens (tertiary/aromatic N) is 8. The van der Waals surface area contributed by atoms with E-state index in [1.807, 2.05) is 107 Å². The molecule has 0 radical (unpaired) electrons. The first-order valence-corrected chi connectivity index (χ1v) is 48.6. The highest BCUT2D eigenvalue weighted by Gasteiger charge is 2.28. The Labute approximate surface area is 897 Å². The molecule has 14 aromatic rings.